The van der Waals surface area contributed by atoms with Gasteiger partial charge < -0.3 is 14.3 Å². The standard InChI is InChI=1S/C7H8O4/c1-10-5-2-3-11-6(5)4-7(8)9/h2-3H,4H2,1H3,(H,8,9). The molecule has 0 fully saturated rings. The first-order valence-electron chi connectivity index (χ1n) is 3.06. The van der Waals surface area contributed by atoms with E-state index in [1.807, 2.05) is 0 Å². The van der Waals surface area contributed by atoms with Gasteiger partial charge in [-0.3, -0.25) is 4.79 Å². The molecule has 0 aromatic carbocycles. The zero-order valence-corrected chi connectivity index (χ0v) is 6.03. The molecule has 0 saturated carbocycles. The average molecular weight is 156 g/mol. The van der Waals surface area contributed by atoms with Crippen LogP contribution in [0.1, 0.15) is 5.76 Å². The molecule has 0 bridgehead atoms. The van der Waals surface area contributed by atoms with Crippen molar-refractivity contribution in [2.75, 3.05) is 7.11 Å². The van der Waals surface area contributed by atoms with Gasteiger partial charge in [-0.25, -0.2) is 0 Å². The Balaban J connectivity index is 2.76. The molecule has 1 aromatic rings. The molecule has 11 heavy (non-hydrogen) atoms. The van der Waals surface area contributed by atoms with Crippen LogP contribution in [0.3, 0.4) is 0 Å². The molecular weight excluding hydrogens is 148 g/mol. The topological polar surface area (TPSA) is 59.7 Å². The molecule has 0 saturated heterocycles. The minimum absolute atomic E-state index is 0.143. The van der Waals surface area contributed by atoms with Crippen LogP contribution in [0.5, 0.6) is 5.75 Å². The van der Waals surface area contributed by atoms with Gasteiger partial charge in [0.15, 0.2) is 11.5 Å². The Kier molecular flexibility index (Phi) is 2.15. The van der Waals surface area contributed by atoms with Crippen LogP contribution in [0.15, 0.2) is 16.7 Å². The summed E-state index contributed by atoms with van der Waals surface area (Å²) in [6, 6.07) is 1.58. The van der Waals surface area contributed by atoms with Crippen LogP contribution in [0.25, 0.3) is 0 Å². The average Bonchev–Trinajstić information content (AvgIpc) is 2.34. The van der Waals surface area contributed by atoms with E-state index in [1.165, 1.54) is 13.4 Å². The van der Waals surface area contributed by atoms with Gasteiger partial charge in [0.1, 0.15) is 6.42 Å². The minimum atomic E-state index is -0.932. The second-order valence-electron chi connectivity index (χ2n) is 1.98. The number of carboxylic acids is 1. The van der Waals surface area contributed by atoms with Crippen molar-refractivity contribution in [3.63, 3.8) is 0 Å². The van der Waals surface area contributed by atoms with E-state index in [2.05, 4.69) is 0 Å². The van der Waals surface area contributed by atoms with Gasteiger partial charge in [0.2, 0.25) is 0 Å². The monoisotopic (exact) mass is 156 g/mol. The highest BCUT2D eigenvalue weighted by atomic mass is 16.5. The third-order valence-corrected chi connectivity index (χ3v) is 1.24. The molecule has 4 heteroatoms. The summed E-state index contributed by atoms with van der Waals surface area (Å²) in [5, 5.41) is 8.39. The molecule has 1 N–H and O–H groups in total. The van der Waals surface area contributed by atoms with Crippen molar-refractivity contribution >= 4 is 5.97 Å². The Morgan fingerprint density at radius 1 is 1.82 bits per heavy atom. The molecule has 0 aliphatic heterocycles. The summed E-state index contributed by atoms with van der Waals surface area (Å²) in [5.41, 5.74) is 0. The molecule has 60 valence electrons. The molecule has 0 spiro atoms. The number of furan rings is 1. The van der Waals surface area contributed by atoms with Crippen LogP contribution in [0, 0.1) is 0 Å². The number of rotatable bonds is 3. The highest BCUT2D eigenvalue weighted by molar-refractivity contribution is 5.70. The highest BCUT2D eigenvalue weighted by Gasteiger charge is 2.09. The lowest BCUT2D eigenvalue weighted by Crippen LogP contribution is -1.99. The Bertz CT molecular complexity index is 251. The predicted molar refractivity (Wildman–Crippen MR) is 36.6 cm³/mol. The van der Waals surface area contributed by atoms with E-state index in [4.69, 9.17) is 14.3 Å². The van der Waals surface area contributed by atoms with E-state index in [1.54, 1.807) is 6.07 Å². The zero-order chi connectivity index (χ0) is 8.27. The van der Waals surface area contributed by atoms with Gasteiger partial charge in [-0.15, -0.1) is 0 Å². The lowest BCUT2D eigenvalue weighted by molar-refractivity contribution is -0.136. The molecule has 4 nitrogen and oxygen atoms in total. The highest BCUT2D eigenvalue weighted by Crippen LogP contribution is 2.19. The molecule has 1 aromatic heterocycles. The number of hydrogen-bond acceptors (Lipinski definition) is 3. The summed E-state index contributed by atoms with van der Waals surface area (Å²) >= 11 is 0. The third kappa shape index (κ3) is 1.73. The summed E-state index contributed by atoms with van der Waals surface area (Å²) in [4.78, 5) is 10.2. The first-order valence-corrected chi connectivity index (χ1v) is 3.06. The van der Waals surface area contributed by atoms with Gasteiger partial charge in [-0.05, 0) is 0 Å². The molecule has 0 aliphatic rings. The molecule has 1 heterocycles. The molecule has 0 amide bonds. The van der Waals surface area contributed by atoms with Crippen molar-refractivity contribution in [2.24, 2.45) is 0 Å². The SMILES string of the molecule is COc1ccoc1CC(=O)O. The maximum absolute atomic E-state index is 10.2. The third-order valence-electron chi connectivity index (χ3n) is 1.24. The minimum Gasteiger partial charge on any atom is -0.493 e. The first-order chi connectivity index (χ1) is 5.24. The van der Waals surface area contributed by atoms with Crippen molar-refractivity contribution in [2.45, 2.75) is 6.42 Å². The van der Waals surface area contributed by atoms with Crippen LogP contribution >= 0.6 is 0 Å². The fraction of sp³-hybridized carbons (Fsp3) is 0.286. The van der Waals surface area contributed by atoms with Crippen molar-refractivity contribution in [3.8, 4) is 5.75 Å². The van der Waals surface area contributed by atoms with Crippen molar-refractivity contribution in [1.82, 2.24) is 0 Å². The van der Waals surface area contributed by atoms with E-state index >= 15 is 0 Å². The Morgan fingerprint density at radius 2 is 2.55 bits per heavy atom. The van der Waals surface area contributed by atoms with E-state index in [0.717, 1.165) is 0 Å². The number of ether oxygens (including phenoxy) is 1. The molecule has 0 unspecified atom stereocenters. The van der Waals surface area contributed by atoms with Gasteiger partial charge in [-0.2, -0.15) is 0 Å². The number of carboxylic acid groups (broad SMARTS) is 1. The number of methoxy groups -OCH3 is 1. The molecule has 0 atom stereocenters. The quantitative estimate of drug-likeness (QED) is 0.706. The summed E-state index contributed by atoms with van der Waals surface area (Å²) in [6.07, 6.45) is 1.26. The van der Waals surface area contributed by atoms with Crippen molar-refractivity contribution in [3.05, 3.63) is 18.1 Å². The van der Waals surface area contributed by atoms with Crippen LogP contribution in [-0.2, 0) is 11.2 Å². The van der Waals surface area contributed by atoms with Gasteiger partial charge in [0.05, 0.1) is 13.4 Å². The van der Waals surface area contributed by atoms with Gasteiger partial charge >= 0.3 is 5.97 Å². The second-order valence-corrected chi connectivity index (χ2v) is 1.98. The van der Waals surface area contributed by atoms with Gasteiger partial charge in [0.25, 0.3) is 0 Å². The molecular formula is C7H8O4. The smallest absolute Gasteiger partial charge is 0.311 e. The molecule has 0 aliphatic carbocycles. The number of aliphatic carboxylic acids is 1. The normalized spacial score (nSPS) is 9.55. The van der Waals surface area contributed by atoms with Crippen LogP contribution in [-0.4, -0.2) is 18.2 Å². The Morgan fingerprint density at radius 3 is 3.09 bits per heavy atom. The van der Waals surface area contributed by atoms with E-state index in [-0.39, 0.29) is 6.42 Å². The summed E-state index contributed by atoms with van der Waals surface area (Å²) in [5.74, 6) is -0.106. The van der Waals surface area contributed by atoms with Crippen LogP contribution < -0.4 is 4.74 Å². The maximum atomic E-state index is 10.2. The summed E-state index contributed by atoms with van der Waals surface area (Å²) in [6.45, 7) is 0. The van der Waals surface area contributed by atoms with E-state index < -0.39 is 5.97 Å². The van der Waals surface area contributed by atoms with Gasteiger partial charge in [0, 0.05) is 6.07 Å². The van der Waals surface area contributed by atoms with E-state index in [9.17, 15) is 4.79 Å². The van der Waals surface area contributed by atoms with Crippen LogP contribution in [0.2, 0.25) is 0 Å². The molecule has 0 radical (unpaired) electrons. The Hall–Kier alpha value is -1.45. The number of carbonyl (C=O) groups is 1. The lowest BCUT2D eigenvalue weighted by atomic mass is 10.3. The summed E-state index contributed by atoms with van der Waals surface area (Å²) in [7, 11) is 1.47. The lowest BCUT2D eigenvalue weighted by Gasteiger charge is -1.96. The first kappa shape index (κ1) is 7.65. The largest absolute Gasteiger partial charge is 0.493 e. The van der Waals surface area contributed by atoms with E-state index in [0.29, 0.717) is 11.5 Å². The maximum Gasteiger partial charge on any atom is 0.311 e. The van der Waals surface area contributed by atoms with Crippen molar-refractivity contribution < 1.29 is 19.1 Å². The fourth-order valence-corrected chi connectivity index (χ4v) is 0.777. The summed E-state index contributed by atoms with van der Waals surface area (Å²) < 4.78 is 9.69. The predicted octanol–water partition coefficient (Wildman–Crippen LogP) is 0.915. The van der Waals surface area contributed by atoms with Crippen molar-refractivity contribution in [1.29, 1.82) is 0 Å². The molecule has 1 rings (SSSR count). The number of hydrogen-bond donors (Lipinski definition) is 1. The zero-order valence-electron chi connectivity index (χ0n) is 6.03. The second kappa shape index (κ2) is 3.09. The fourth-order valence-electron chi connectivity index (χ4n) is 0.777. The van der Waals surface area contributed by atoms with Gasteiger partial charge in [-0.1, -0.05) is 0 Å². The Labute approximate surface area is 63.4 Å². The van der Waals surface area contributed by atoms with Crippen LogP contribution in [0.4, 0.5) is 0 Å².